The highest BCUT2D eigenvalue weighted by Crippen LogP contribution is 2.34. The van der Waals surface area contributed by atoms with E-state index < -0.39 is 0 Å². The molecule has 1 aromatic carbocycles. The summed E-state index contributed by atoms with van der Waals surface area (Å²) in [6.07, 6.45) is 1.44. The van der Waals surface area contributed by atoms with E-state index in [0.29, 0.717) is 34.9 Å². The topological polar surface area (TPSA) is 82.5 Å². The third kappa shape index (κ3) is 3.82. The number of thiophene rings is 2. The molecule has 0 bridgehead atoms. The van der Waals surface area contributed by atoms with Gasteiger partial charge < -0.3 is 14.8 Å². The van der Waals surface area contributed by atoms with Crippen molar-refractivity contribution in [1.29, 1.82) is 0 Å². The Kier molecular flexibility index (Phi) is 5.21. The molecule has 5 rings (SSSR count). The first-order chi connectivity index (χ1) is 15.1. The summed E-state index contributed by atoms with van der Waals surface area (Å²) in [7, 11) is 0. The lowest BCUT2D eigenvalue weighted by molar-refractivity contribution is -0.122. The Morgan fingerprint density at radius 1 is 1.23 bits per heavy atom. The number of carbonyl (C=O) groups is 1. The Morgan fingerprint density at radius 3 is 2.87 bits per heavy atom. The van der Waals surface area contributed by atoms with Gasteiger partial charge in [-0.15, -0.1) is 22.7 Å². The van der Waals surface area contributed by atoms with Crippen molar-refractivity contribution in [3.8, 4) is 21.9 Å². The van der Waals surface area contributed by atoms with E-state index in [1.807, 2.05) is 48.0 Å². The van der Waals surface area contributed by atoms with Crippen LogP contribution >= 0.6 is 22.7 Å². The van der Waals surface area contributed by atoms with Gasteiger partial charge in [-0.3, -0.25) is 14.2 Å². The molecule has 1 N–H and O–H groups in total. The van der Waals surface area contributed by atoms with Crippen LogP contribution in [-0.2, 0) is 11.3 Å². The molecule has 0 saturated carbocycles. The van der Waals surface area contributed by atoms with E-state index in [4.69, 9.17) is 9.47 Å². The van der Waals surface area contributed by atoms with Crippen molar-refractivity contribution >= 4 is 38.8 Å². The van der Waals surface area contributed by atoms with Crippen LogP contribution in [0.15, 0.2) is 52.2 Å². The summed E-state index contributed by atoms with van der Waals surface area (Å²) < 4.78 is 12.5. The number of benzene rings is 1. The van der Waals surface area contributed by atoms with Crippen molar-refractivity contribution < 1.29 is 14.3 Å². The van der Waals surface area contributed by atoms with Crippen molar-refractivity contribution in [3.05, 3.63) is 63.3 Å². The van der Waals surface area contributed by atoms with E-state index in [0.717, 1.165) is 16.0 Å². The zero-order valence-electron chi connectivity index (χ0n) is 16.7. The zero-order valence-corrected chi connectivity index (χ0v) is 18.3. The van der Waals surface area contributed by atoms with Gasteiger partial charge in [0.05, 0.1) is 17.8 Å². The number of nitrogens with one attached hydrogen (secondary N) is 1. The molecule has 0 aliphatic carbocycles. The molecule has 1 amide bonds. The fourth-order valence-corrected chi connectivity index (χ4v) is 5.27. The standard InChI is InChI=1S/C22H19N3O4S2/c1-13(14-4-5-16-17(9-14)29-7-6-28-16)24-19(26)10-25-12-23-21-20(22(25)27)15(11-31-21)18-3-2-8-30-18/h2-5,8-9,11-13H,6-7,10H2,1H3,(H,24,26). The summed E-state index contributed by atoms with van der Waals surface area (Å²) in [6.45, 7) is 2.83. The Hall–Kier alpha value is -3.17. The van der Waals surface area contributed by atoms with Crippen molar-refractivity contribution in [1.82, 2.24) is 14.9 Å². The Morgan fingerprint density at radius 2 is 2.06 bits per heavy atom. The van der Waals surface area contributed by atoms with Crippen molar-refractivity contribution in [2.24, 2.45) is 0 Å². The number of carbonyl (C=O) groups excluding carboxylic acids is 1. The first-order valence-corrected chi connectivity index (χ1v) is 11.6. The highest BCUT2D eigenvalue weighted by Gasteiger charge is 2.18. The van der Waals surface area contributed by atoms with Crippen LogP contribution in [0.5, 0.6) is 11.5 Å². The number of amides is 1. The van der Waals surface area contributed by atoms with Gasteiger partial charge >= 0.3 is 0 Å². The Bertz CT molecular complexity index is 1310. The van der Waals surface area contributed by atoms with E-state index in [1.54, 1.807) is 11.3 Å². The fourth-order valence-electron chi connectivity index (χ4n) is 3.55. The first kappa shape index (κ1) is 19.8. The van der Waals surface area contributed by atoms with E-state index in [-0.39, 0.29) is 24.1 Å². The molecule has 158 valence electrons. The maximum Gasteiger partial charge on any atom is 0.263 e. The van der Waals surface area contributed by atoms with Crippen LogP contribution in [0.1, 0.15) is 18.5 Å². The molecule has 0 saturated heterocycles. The molecular formula is C22H19N3O4S2. The molecule has 3 aromatic heterocycles. The first-order valence-electron chi connectivity index (χ1n) is 9.79. The fraction of sp³-hybridized carbons (Fsp3) is 0.227. The van der Waals surface area contributed by atoms with E-state index >= 15 is 0 Å². The van der Waals surface area contributed by atoms with E-state index in [9.17, 15) is 9.59 Å². The van der Waals surface area contributed by atoms with Gasteiger partial charge in [-0.05, 0) is 36.1 Å². The van der Waals surface area contributed by atoms with Crippen molar-refractivity contribution in [2.75, 3.05) is 13.2 Å². The summed E-state index contributed by atoms with van der Waals surface area (Å²) in [5, 5.41) is 7.42. The molecule has 0 spiro atoms. The van der Waals surface area contributed by atoms with Gasteiger partial charge in [0.1, 0.15) is 24.6 Å². The molecule has 0 radical (unpaired) electrons. The largest absolute Gasteiger partial charge is 0.486 e. The summed E-state index contributed by atoms with van der Waals surface area (Å²) in [6, 6.07) is 9.29. The van der Waals surface area contributed by atoms with Crippen LogP contribution in [0.25, 0.3) is 20.7 Å². The van der Waals surface area contributed by atoms with Crippen LogP contribution in [0.4, 0.5) is 0 Å². The van der Waals surface area contributed by atoms with Gasteiger partial charge in [0.15, 0.2) is 11.5 Å². The van der Waals surface area contributed by atoms with Crippen LogP contribution in [0.2, 0.25) is 0 Å². The summed E-state index contributed by atoms with van der Waals surface area (Å²) in [5.74, 6) is 1.12. The number of fused-ring (bicyclic) bond motifs is 2. The van der Waals surface area contributed by atoms with Gasteiger partial charge in [-0.1, -0.05) is 12.1 Å². The minimum Gasteiger partial charge on any atom is -0.486 e. The van der Waals surface area contributed by atoms with Crippen molar-refractivity contribution in [3.63, 3.8) is 0 Å². The highest BCUT2D eigenvalue weighted by molar-refractivity contribution is 7.18. The molecule has 4 heterocycles. The third-order valence-electron chi connectivity index (χ3n) is 5.11. The number of rotatable bonds is 5. The lowest BCUT2D eigenvalue weighted by Crippen LogP contribution is -2.34. The minimum absolute atomic E-state index is 0.101. The molecular weight excluding hydrogens is 434 g/mol. The van der Waals surface area contributed by atoms with E-state index in [2.05, 4.69) is 10.3 Å². The predicted octanol–water partition coefficient (Wildman–Crippen LogP) is 3.84. The number of aromatic nitrogens is 2. The van der Waals surface area contributed by atoms with Crippen LogP contribution in [0.3, 0.4) is 0 Å². The van der Waals surface area contributed by atoms with Gasteiger partial charge in [0, 0.05) is 15.8 Å². The zero-order chi connectivity index (χ0) is 21.4. The van der Waals surface area contributed by atoms with Crippen LogP contribution in [-0.4, -0.2) is 28.7 Å². The van der Waals surface area contributed by atoms with Crippen LogP contribution < -0.4 is 20.3 Å². The van der Waals surface area contributed by atoms with Crippen LogP contribution in [0, 0.1) is 0 Å². The van der Waals surface area contributed by atoms with Gasteiger partial charge in [-0.25, -0.2) is 4.98 Å². The molecule has 1 aliphatic heterocycles. The normalized spacial score (nSPS) is 13.8. The molecule has 9 heteroatoms. The SMILES string of the molecule is CC(NC(=O)Cn1cnc2scc(-c3cccs3)c2c1=O)c1ccc2c(c1)OCCO2. The Labute approximate surface area is 185 Å². The smallest absolute Gasteiger partial charge is 0.263 e. The second-order valence-corrected chi connectivity index (χ2v) is 8.98. The van der Waals surface area contributed by atoms with Crippen molar-refractivity contribution in [2.45, 2.75) is 19.5 Å². The summed E-state index contributed by atoms with van der Waals surface area (Å²) in [4.78, 5) is 31.8. The van der Waals surface area contributed by atoms with E-state index in [1.165, 1.54) is 22.2 Å². The lowest BCUT2D eigenvalue weighted by Gasteiger charge is -2.21. The lowest BCUT2D eigenvalue weighted by atomic mass is 10.1. The van der Waals surface area contributed by atoms with Gasteiger partial charge in [-0.2, -0.15) is 0 Å². The molecule has 31 heavy (non-hydrogen) atoms. The molecule has 1 aliphatic rings. The third-order valence-corrected chi connectivity index (χ3v) is 6.89. The number of nitrogens with zero attached hydrogens (tertiary/aromatic N) is 2. The molecule has 0 fully saturated rings. The molecule has 1 atom stereocenters. The molecule has 7 nitrogen and oxygen atoms in total. The average Bonchev–Trinajstić information content (AvgIpc) is 3.45. The Balaban J connectivity index is 1.35. The summed E-state index contributed by atoms with van der Waals surface area (Å²) in [5.41, 5.74) is 1.56. The van der Waals surface area contributed by atoms with Gasteiger partial charge in [0.2, 0.25) is 5.91 Å². The average molecular weight is 454 g/mol. The highest BCUT2D eigenvalue weighted by atomic mass is 32.1. The molecule has 1 unspecified atom stereocenters. The molecule has 4 aromatic rings. The maximum atomic E-state index is 13.1. The maximum absolute atomic E-state index is 13.1. The monoisotopic (exact) mass is 453 g/mol. The second kappa shape index (κ2) is 8.16. The number of hydrogen-bond acceptors (Lipinski definition) is 7. The quantitative estimate of drug-likeness (QED) is 0.497. The van der Waals surface area contributed by atoms with Gasteiger partial charge in [0.25, 0.3) is 5.56 Å². The summed E-state index contributed by atoms with van der Waals surface area (Å²) >= 11 is 3.00. The number of ether oxygens (including phenoxy) is 2. The number of hydrogen-bond donors (Lipinski definition) is 1. The minimum atomic E-state index is -0.265. The predicted molar refractivity (Wildman–Crippen MR) is 121 cm³/mol. The second-order valence-electron chi connectivity index (χ2n) is 7.18.